The number of nitrogens with one attached hydrogen (secondary N) is 1. The van der Waals surface area contributed by atoms with E-state index in [1.54, 1.807) is 10.7 Å². The molecule has 0 aliphatic rings. The molecule has 0 bridgehead atoms. The van der Waals surface area contributed by atoms with Crippen LogP contribution >= 0.6 is 0 Å². The largest absolute Gasteiger partial charge is 0.347 e. The Morgan fingerprint density at radius 2 is 2.04 bits per heavy atom. The molecule has 0 radical (unpaired) electrons. The number of fused-ring (bicyclic) bond motifs is 1. The van der Waals surface area contributed by atoms with Gasteiger partial charge in [-0.2, -0.15) is 10.1 Å². The van der Waals surface area contributed by atoms with Gasteiger partial charge in [-0.15, -0.1) is 0 Å². The topological polar surface area (TPSA) is 98.2 Å². The number of aromatic nitrogens is 5. The zero-order chi connectivity index (χ0) is 18.2. The summed E-state index contributed by atoms with van der Waals surface area (Å²) in [6.07, 6.45) is 2.10. The van der Waals surface area contributed by atoms with Crippen LogP contribution in [0, 0.1) is 19.3 Å². The molecule has 3 aromatic heterocycles. The van der Waals surface area contributed by atoms with Gasteiger partial charge in [0.2, 0.25) is 17.6 Å². The zero-order valence-electron chi connectivity index (χ0n) is 15.1. The molecule has 0 saturated heterocycles. The van der Waals surface area contributed by atoms with Crippen molar-refractivity contribution in [1.29, 1.82) is 0 Å². The summed E-state index contributed by atoms with van der Waals surface area (Å²) in [5, 5.41) is 11.1. The van der Waals surface area contributed by atoms with E-state index in [-0.39, 0.29) is 17.9 Å². The number of carbonyl (C=O) groups excluding carboxylic acids is 1. The van der Waals surface area contributed by atoms with Gasteiger partial charge in [0.15, 0.2) is 5.65 Å². The van der Waals surface area contributed by atoms with E-state index in [0.29, 0.717) is 29.3 Å². The Kier molecular flexibility index (Phi) is 4.28. The van der Waals surface area contributed by atoms with Gasteiger partial charge in [-0.05, 0) is 25.3 Å². The number of carbonyl (C=O) groups is 1. The lowest BCUT2D eigenvalue weighted by molar-refractivity contribution is -0.123. The molecule has 8 nitrogen and oxygen atoms in total. The smallest absolute Gasteiger partial charge is 0.246 e. The van der Waals surface area contributed by atoms with Crippen LogP contribution in [0.15, 0.2) is 16.8 Å². The Balaban J connectivity index is 1.77. The lowest BCUT2D eigenvalue weighted by Gasteiger charge is -2.16. The minimum Gasteiger partial charge on any atom is -0.347 e. The second kappa shape index (κ2) is 6.27. The van der Waals surface area contributed by atoms with Gasteiger partial charge in [0.25, 0.3) is 0 Å². The summed E-state index contributed by atoms with van der Waals surface area (Å²) < 4.78 is 6.98. The highest BCUT2D eigenvalue weighted by molar-refractivity contribution is 5.76. The first-order valence-corrected chi connectivity index (χ1v) is 8.14. The van der Waals surface area contributed by atoms with Gasteiger partial charge < -0.3 is 9.84 Å². The van der Waals surface area contributed by atoms with Gasteiger partial charge in [-0.3, -0.25) is 4.79 Å². The van der Waals surface area contributed by atoms with Crippen LogP contribution < -0.4 is 5.32 Å². The van der Waals surface area contributed by atoms with E-state index in [2.05, 4.69) is 25.5 Å². The molecule has 1 N–H and O–H groups in total. The Hall–Kier alpha value is -2.77. The van der Waals surface area contributed by atoms with Gasteiger partial charge >= 0.3 is 0 Å². The van der Waals surface area contributed by atoms with Crippen molar-refractivity contribution in [1.82, 2.24) is 30.1 Å². The van der Waals surface area contributed by atoms with Crippen molar-refractivity contribution in [2.75, 3.05) is 0 Å². The van der Waals surface area contributed by atoms with Crippen molar-refractivity contribution in [3.63, 3.8) is 0 Å². The summed E-state index contributed by atoms with van der Waals surface area (Å²) in [6, 6.07) is 1.95. The van der Waals surface area contributed by atoms with Gasteiger partial charge in [0.05, 0.1) is 18.3 Å². The molecule has 1 amide bonds. The third-order valence-corrected chi connectivity index (χ3v) is 3.61. The van der Waals surface area contributed by atoms with Crippen LogP contribution in [0.2, 0.25) is 0 Å². The molecule has 3 aromatic rings. The highest BCUT2D eigenvalue weighted by Gasteiger charge is 2.18. The Morgan fingerprint density at radius 1 is 1.28 bits per heavy atom. The summed E-state index contributed by atoms with van der Waals surface area (Å²) >= 11 is 0. The van der Waals surface area contributed by atoms with E-state index in [4.69, 9.17) is 4.52 Å². The van der Waals surface area contributed by atoms with Crippen LogP contribution in [-0.2, 0) is 11.3 Å². The highest BCUT2D eigenvalue weighted by Crippen LogP contribution is 2.22. The highest BCUT2D eigenvalue weighted by atomic mass is 16.5. The molecule has 3 rings (SSSR count). The van der Waals surface area contributed by atoms with E-state index in [9.17, 15) is 4.79 Å². The van der Waals surface area contributed by atoms with Crippen LogP contribution in [0.25, 0.3) is 17.0 Å². The maximum Gasteiger partial charge on any atom is 0.246 e. The number of hydrogen-bond acceptors (Lipinski definition) is 6. The average molecular weight is 342 g/mol. The summed E-state index contributed by atoms with van der Waals surface area (Å²) in [5.74, 6) is 0.713. The quantitative estimate of drug-likeness (QED) is 0.782. The molecule has 0 aromatic carbocycles. The molecule has 0 fully saturated rings. The molecule has 132 valence electrons. The van der Waals surface area contributed by atoms with Crippen LogP contribution in [0.3, 0.4) is 0 Å². The molecule has 0 atom stereocenters. The molecule has 25 heavy (non-hydrogen) atoms. The molecule has 0 aliphatic heterocycles. The lowest BCUT2D eigenvalue weighted by atomic mass is 9.92. The molecule has 0 spiro atoms. The van der Waals surface area contributed by atoms with E-state index in [0.717, 1.165) is 11.4 Å². The fourth-order valence-electron chi connectivity index (χ4n) is 2.58. The third kappa shape index (κ3) is 3.84. The van der Waals surface area contributed by atoms with Crippen molar-refractivity contribution in [2.45, 2.75) is 47.6 Å². The molecule has 0 aliphatic carbocycles. The number of amides is 1. The zero-order valence-corrected chi connectivity index (χ0v) is 15.1. The molecule has 0 saturated carbocycles. The van der Waals surface area contributed by atoms with Crippen LogP contribution in [0.1, 0.15) is 44.5 Å². The van der Waals surface area contributed by atoms with Crippen molar-refractivity contribution >= 4 is 11.6 Å². The van der Waals surface area contributed by atoms with E-state index in [1.807, 2.05) is 40.7 Å². The Morgan fingerprint density at radius 3 is 2.76 bits per heavy atom. The second-order valence-corrected chi connectivity index (χ2v) is 7.36. The van der Waals surface area contributed by atoms with Crippen LogP contribution in [0.4, 0.5) is 0 Å². The molecular weight excluding hydrogens is 320 g/mol. The minimum atomic E-state index is -0.0669. The van der Waals surface area contributed by atoms with E-state index in [1.165, 1.54) is 0 Å². The van der Waals surface area contributed by atoms with E-state index >= 15 is 0 Å². The summed E-state index contributed by atoms with van der Waals surface area (Å²) in [7, 11) is 0. The Labute approximate surface area is 145 Å². The van der Waals surface area contributed by atoms with Crippen molar-refractivity contribution < 1.29 is 9.32 Å². The second-order valence-electron chi connectivity index (χ2n) is 7.36. The number of rotatable bonds is 4. The fourth-order valence-corrected chi connectivity index (χ4v) is 2.58. The SMILES string of the molecule is Cc1cc(C)n2ncc(-c3noc(CNC(=O)CC(C)(C)C)n3)c2n1. The fraction of sp³-hybridized carbons (Fsp3) is 0.471. The maximum absolute atomic E-state index is 11.9. The van der Waals surface area contributed by atoms with Gasteiger partial charge in [0.1, 0.15) is 0 Å². The maximum atomic E-state index is 11.9. The van der Waals surface area contributed by atoms with Crippen LogP contribution in [-0.4, -0.2) is 30.6 Å². The standard InChI is InChI=1S/C17H22N6O2/c1-10-6-11(2)23-16(20-10)12(8-19-23)15-21-14(25-22-15)9-18-13(24)7-17(3,4)5/h6,8H,7,9H2,1-5H3,(H,18,24). The van der Waals surface area contributed by atoms with Crippen molar-refractivity contribution in [3.8, 4) is 11.4 Å². The lowest BCUT2D eigenvalue weighted by Crippen LogP contribution is -2.27. The molecular formula is C17H22N6O2. The molecule has 8 heteroatoms. The normalized spacial score (nSPS) is 11.9. The van der Waals surface area contributed by atoms with Crippen molar-refractivity contribution in [2.24, 2.45) is 5.41 Å². The summed E-state index contributed by atoms with van der Waals surface area (Å²) in [5.41, 5.74) is 3.18. The average Bonchev–Trinajstić information content (AvgIpc) is 3.09. The number of hydrogen-bond donors (Lipinski definition) is 1. The Bertz CT molecular complexity index is 919. The third-order valence-electron chi connectivity index (χ3n) is 3.61. The summed E-state index contributed by atoms with van der Waals surface area (Å²) in [4.78, 5) is 20.7. The first-order valence-electron chi connectivity index (χ1n) is 8.14. The number of aryl methyl sites for hydroxylation is 2. The molecule has 3 heterocycles. The first kappa shape index (κ1) is 17.1. The minimum absolute atomic E-state index is 0.0452. The predicted molar refractivity (Wildman–Crippen MR) is 91.7 cm³/mol. The predicted octanol–water partition coefficient (Wildman–Crippen LogP) is 2.45. The van der Waals surface area contributed by atoms with Crippen LogP contribution in [0.5, 0.6) is 0 Å². The first-order chi connectivity index (χ1) is 11.7. The van der Waals surface area contributed by atoms with Gasteiger partial charge in [-0.25, -0.2) is 9.50 Å². The van der Waals surface area contributed by atoms with E-state index < -0.39 is 0 Å². The molecule has 0 unspecified atom stereocenters. The van der Waals surface area contributed by atoms with Gasteiger partial charge in [0, 0.05) is 17.8 Å². The van der Waals surface area contributed by atoms with Gasteiger partial charge in [-0.1, -0.05) is 25.9 Å². The number of nitrogens with zero attached hydrogens (tertiary/aromatic N) is 5. The monoisotopic (exact) mass is 342 g/mol. The summed E-state index contributed by atoms with van der Waals surface area (Å²) in [6.45, 7) is 10.1. The van der Waals surface area contributed by atoms with Crippen molar-refractivity contribution in [3.05, 3.63) is 29.5 Å².